The summed E-state index contributed by atoms with van der Waals surface area (Å²) in [6, 6.07) is 0.993. The van der Waals surface area contributed by atoms with Crippen LogP contribution in [0.15, 0.2) is 6.07 Å². The third-order valence-electron chi connectivity index (χ3n) is 9.38. The molecule has 213 valence electrons. The van der Waals surface area contributed by atoms with E-state index in [1.54, 1.807) is 0 Å². The zero-order valence-electron chi connectivity index (χ0n) is 24.1. The summed E-state index contributed by atoms with van der Waals surface area (Å²) in [5.41, 5.74) is 5.96. The number of aliphatic hydroxyl groups excluding tert-OH is 1. The molecule has 4 aliphatic rings. The number of hydrogen-bond donors (Lipinski definition) is 4. The molecule has 0 aromatic heterocycles. The van der Waals surface area contributed by atoms with Gasteiger partial charge in [0.25, 0.3) is 0 Å². The van der Waals surface area contributed by atoms with Crippen molar-refractivity contribution in [1.82, 2.24) is 15.1 Å². The molecule has 2 unspecified atom stereocenters. The van der Waals surface area contributed by atoms with E-state index in [0.29, 0.717) is 42.1 Å². The second-order valence-corrected chi connectivity index (χ2v) is 12.1. The van der Waals surface area contributed by atoms with Crippen LogP contribution in [0.1, 0.15) is 71.3 Å². The van der Waals surface area contributed by atoms with E-state index in [1.165, 1.54) is 0 Å². The molecule has 0 aliphatic carbocycles. The van der Waals surface area contributed by atoms with E-state index in [4.69, 9.17) is 9.47 Å². The van der Waals surface area contributed by atoms with Gasteiger partial charge in [0.2, 0.25) is 12.7 Å². The molecule has 0 spiro atoms. The summed E-state index contributed by atoms with van der Waals surface area (Å²) in [5.74, 6) is 1.71. The molecule has 5 atom stereocenters. The van der Waals surface area contributed by atoms with Crippen molar-refractivity contribution in [2.24, 2.45) is 5.92 Å². The number of likely N-dealkylation sites (N-methyl/N-ethyl adjacent to an activating group) is 1. The molecule has 1 amide bonds. The standard InChI is InChI=1S/C30H39N3O6.Ac/c1-13(2)7-22(34)31-11-21-24-18(26(35)16(5)28-29(24)39-12-38-28)10-19-25-23-17(8-14(3)15(4)27(23)36)9-20(32(25)6)30(37)33(19)21;/h8,13,19-21,25,30,35-37H,7,9-12H2,1-6H3,(H,31,34);/t19?,20-,21+,25+,30?;/m1./s1. The first-order valence-electron chi connectivity index (χ1n) is 13.9. The number of rotatable bonds is 4. The Kier molecular flexibility index (Phi) is 8.17. The number of hydrogen-bond acceptors (Lipinski definition) is 8. The van der Waals surface area contributed by atoms with Crippen LogP contribution >= 0.6 is 0 Å². The summed E-state index contributed by atoms with van der Waals surface area (Å²) >= 11 is 0. The van der Waals surface area contributed by atoms with Crippen molar-refractivity contribution in [2.45, 2.75) is 84.3 Å². The fourth-order valence-electron chi connectivity index (χ4n) is 7.37. The summed E-state index contributed by atoms with van der Waals surface area (Å²) < 4.78 is 11.7. The van der Waals surface area contributed by atoms with Crippen LogP contribution < -0.4 is 14.8 Å². The summed E-state index contributed by atoms with van der Waals surface area (Å²) in [5, 5.41) is 37.9. The van der Waals surface area contributed by atoms with Crippen molar-refractivity contribution >= 4 is 5.91 Å². The zero-order valence-corrected chi connectivity index (χ0v) is 28.9. The molecular weight excluding hydrogens is 725 g/mol. The molecule has 4 N–H and O–H groups in total. The Bertz CT molecular complexity index is 1360. The third kappa shape index (κ3) is 4.45. The number of piperazine rings is 1. The fraction of sp³-hybridized carbons (Fsp3) is 0.567. The van der Waals surface area contributed by atoms with Gasteiger partial charge in [0.1, 0.15) is 17.7 Å². The first kappa shape index (κ1) is 29.9. The van der Waals surface area contributed by atoms with Gasteiger partial charge >= 0.3 is 0 Å². The molecule has 4 aliphatic heterocycles. The first-order chi connectivity index (χ1) is 18.5. The molecule has 40 heavy (non-hydrogen) atoms. The third-order valence-corrected chi connectivity index (χ3v) is 9.38. The molecule has 1 fully saturated rings. The number of benzene rings is 2. The van der Waals surface area contributed by atoms with Gasteiger partial charge in [0.05, 0.1) is 18.1 Å². The van der Waals surface area contributed by atoms with Gasteiger partial charge in [-0.05, 0) is 63.3 Å². The van der Waals surface area contributed by atoms with Crippen LogP contribution in [0, 0.1) is 70.8 Å². The summed E-state index contributed by atoms with van der Waals surface area (Å²) in [6.07, 6.45) is 0.600. The maximum absolute atomic E-state index is 12.8. The minimum Gasteiger partial charge on any atom is -0.507 e. The van der Waals surface area contributed by atoms with Crippen LogP contribution in [0.25, 0.3) is 0 Å². The van der Waals surface area contributed by atoms with Gasteiger partial charge in [0, 0.05) is 85.3 Å². The Morgan fingerprint density at radius 2 is 1.75 bits per heavy atom. The Morgan fingerprint density at radius 3 is 2.45 bits per heavy atom. The Hall–Kier alpha value is -1.57. The second-order valence-electron chi connectivity index (χ2n) is 12.1. The number of aliphatic hydroxyl groups is 1. The van der Waals surface area contributed by atoms with Crippen molar-refractivity contribution in [3.8, 4) is 23.0 Å². The molecule has 0 saturated carbocycles. The number of phenolic OH excluding ortho intramolecular Hbond substituents is 2. The summed E-state index contributed by atoms with van der Waals surface area (Å²) in [7, 11) is 2.01. The second kappa shape index (κ2) is 10.9. The van der Waals surface area contributed by atoms with Gasteiger partial charge in [-0.2, -0.15) is 0 Å². The van der Waals surface area contributed by atoms with E-state index in [0.717, 1.165) is 33.4 Å². The quantitative estimate of drug-likeness (QED) is 0.376. The Morgan fingerprint density at radius 1 is 1.05 bits per heavy atom. The topological polar surface area (TPSA) is 115 Å². The number of aromatic hydroxyl groups is 2. The smallest absolute Gasteiger partial charge is 0.231 e. The van der Waals surface area contributed by atoms with Gasteiger partial charge in [-0.1, -0.05) is 19.9 Å². The maximum atomic E-state index is 12.8. The molecule has 6 rings (SSSR count). The number of phenols is 2. The number of nitrogens with one attached hydrogen (secondary N) is 1. The Labute approximate surface area is 271 Å². The number of carbonyl (C=O) groups is 1. The van der Waals surface area contributed by atoms with E-state index in [2.05, 4.69) is 21.2 Å². The number of aryl methyl sites for hydroxylation is 1. The van der Waals surface area contributed by atoms with E-state index >= 15 is 0 Å². The molecule has 2 aromatic rings. The molecule has 9 nitrogen and oxygen atoms in total. The van der Waals surface area contributed by atoms with Gasteiger partial charge in [-0.3, -0.25) is 14.6 Å². The van der Waals surface area contributed by atoms with Crippen LogP contribution in [0.4, 0.5) is 0 Å². The first-order valence-corrected chi connectivity index (χ1v) is 13.9. The Balaban J connectivity index is 0.00000323. The predicted octanol–water partition coefficient (Wildman–Crippen LogP) is 3.11. The zero-order chi connectivity index (χ0) is 27.9. The minimum atomic E-state index is -0.838. The van der Waals surface area contributed by atoms with E-state index < -0.39 is 12.3 Å². The maximum Gasteiger partial charge on any atom is 0.231 e. The largest absolute Gasteiger partial charge is 0.507 e. The molecule has 1 radical (unpaired) electrons. The van der Waals surface area contributed by atoms with Gasteiger partial charge < -0.3 is 30.1 Å². The van der Waals surface area contributed by atoms with Gasteiger partial charge in [-0.25, -0.2) is 0 Å². The van der Waals surface area contributed by atoms with E-state index in [1.807, 2.05) is 41.7 Å². The van der Waals surface area contributed by atoms with Crippen molar-refractivity contribution < 1.29 is 73.7 Å². The predicted molar refractivity (Wildman–Crippen MR) is 145 cm³/mol. The average Bonchev–Trinajstić information content (AvgIpc) is 3.37. The fourth-order valence-corrected chi connectivity index (χ4v) is 7.37. The number of fused-ring (bicyclic) bond motifs is 9. The van der Waals surface area contributed by atoms with Gasteiger partial charge in [0.15, 0.2) is 11.5 Å². The molecule has 4 heterocycles. The normalized spacial score (nSPS) is 26.6. The van der Waals surface area contributed by atoms with Crippen molar-refractivity contribution in [3.63, 3.8) is 0 Å². The molecule has 2 aromatic carbocycles. The number of nitrogens with zero attached hydrogens (tertiary/aromatic N) is 2. The van der Waals surface area contributed by atoms with Gasteiger partial charge in [-0.15, -0.1) is 0 Å². The van der Waals surface area contributed by atoms with Crippen molar-refractivity contribution in [3.05, 3.63) is 45.0 Å². The van der Waals surface area contributed by atoms with E-state index in [9.17, 15) is 20.1 Å². The van der Waals surface area contributed by atoms with Crippen molar-refractivity contribution in [1.29, 1.82) is 0 Å². The van der Waals surface area contributed by atoms with Crippen LogP contribution in [0.2, 0.25) is 0 Å². The number of amides is 1. The van der Waals surface area contributed by atoms with Crippen LogP contribution in [-0.4, -0.2) is 69.7 Å². The molecule has 10 heteroatoms. The molecule has 2 bridgehead atoms. The SMILES string of the molecule is Cc1cc2c(c(O)c1C)[C@@H]1C3Cc4c(O)c(C)c5c(c4[C@H](CNC(=O)CC(C)C)N3C(O)[C@@H](C2)N1C)OCO5.[Ac]. The van der Waals surface area contributed by atoms with E-state index in [-0.39, 0.29) is 93.1 Å². The number of carbonyl (C=O) groups excluding carboxylic acids is 1. The van der Waals surface area contributed by atoms with Crippen LogP contribution in [0.3, 0.4) is 0 Å². The molecular formula is C30H39AcN3O6. The minimum absolute atomic E-state index is 0. The molecule has 1 saturated heterocycles. The average molecular weight is 765 g/mol. The van der Waals surface area contributed by atoms with Crippen LogP contribution in [0.5, 0.6) is 23.0 Å². The summed E-state index contributed by atoms with van der Waals surface area (Å²) in [4.78, 5) is 17.1. The summed E-state index contributed by atoms with van der Waals surface area (Å²) in [6.45, 7) is 10.1. The van der Waals surface area contributed by atoms with Crippen LogP contribution in [-0.2, 0) is 17.6 Å². The number of ether oxygens (including phenoxy) is 2. The van der Waals surface area contributed by atoms with Crippen molar-refractivity contribution in [2.75, 3.05) is 20.4 Å². The monoisotopic (exact) mass is 764 g/mol.